The topological polar surface area (TPSA) is 123 Å². The lowest BCUT2D eigenvalue weighted by Gasteiger charge is -2.32. The second-order valence-corrected chi connectivity index (χ2v) is 9.42. The molecule has 2 aromatic carbocycles. The second kappa shape index (κ2) is 11.1. The van der Waals surface area contributed by atoms with Crippen molar-refractivity contribution in [3.63, 3.8) is 0 Å². The monoisotopic (exact) mass is 494 g/mol. The number of carbonyl (C=O) groups excluding carboxylic acids is 2. The lowest BCUT2D eigenvalue weighted by atomic mass is 9.90. The van der Waals surface area contributed by atoms with E-state index in [1.807, 2.05) is 31.2 Å². The quantitative estimate of drug-likeness (QED) is 0.353. The molecular formula is C25H26N4O5S. The number of nitrogens with one attached hydrogen (secondary N) is 2. The molecule has 0 saturated heterocycles. The molecule has 35 heavy (non-hydrogen) atoms. The van der Waals surface area contributed by atoms with E-state index < -0.39 is 10.8 Å². The van der Waals surface area contributed by atoms with Crippen LogP contribution in [0, 0.1) is 17.0 Å². The largest absolute Gasteiger partial charge is 0.486 e. The maximum atomic E-state index is 12.9. The first-order valence-corrected chi connectivity index (χ1v) is 12.3. The number of non-ortho nitro benzene ring substituents is 1. The third-order valence-corrected chi connectivity index (χ3v) is 6.71. The van der Waals surface area contributed by atoms with E-state index in [2.05, 4.69) is 15.6 Å². The van der Waals surface area contributed by atoms with Gasteiger partial charge in [-0.25, -0.2) is 4.98 Å². The molecule has 1 aromatic heterocycles. The molecule has 1 fully saturated rings. The van der Waals surface area contributed by atoms with Crippen LogP contribution in [-0.2, 0) is 6.61 Å². The highest BCUT2D eigenvalue weighted by molar-refractivity contribution is 7.09. The fraction of sp³-hybridized carbons (Fsp3) is 0.320. The molecule has 0 bridgehead atoms. The molecule has 2 N–H and O–H groups in total. The number of aryl methyl sites for hydroxylation is 1. The normalized spacial score (nSPS) is 17.4. The van der Waals surface area contributed by atoms with Crippen molar-refractivity contribution >= 4 is 28.8 Å². The Morgan fingerprint density at radius 2 is 1.77 bits per heavy atom. The Hall–Kier alpha value is -3.79. The van der Waals surface area contributed by atoms with E-state index in [4.69, 9.17) is 4.74 Å². The van der Waals surface area contributed by atoms with Gasteiger partial charge in [0.15, 0.2) is 0 Å². The number of ether oxygens (including phenoxy) is 1. The number of hydrogen-bond acceptors (Lipinski definition) is 7. The zero-order valence-electron chi connectivity index (χ0n) is 19.2. The first kappa shape index (κ1) is 24.3. The molecule has 1 aliphatic rings. The molecular weight excluding hydrogens is 468 g/mol. The summed E-state index contributed by atoms with van der Waals surface area (Å²) in [7, 11) is 0. The van der Waals surface area contributed by atoms with Crippen LogP contribution >= 0.6 is 11.3 Å². The second-order valence-electron chi connectivity index (χ2n) is 8.48. The maximum Gasteiger partial charge on any atom is 0.271 e. The minimum atomic E-state index is -0.533. The fourth-order valence-electron chi connectivity index (χ4n) is 3.99. The molecule has 2 atom stereocenters. The van der Waals surface area contributed by atoms with Gasteiger partial charge < -0.3 is 15.4 Å². The number of hydrogen-bond donors (Lipinski definition) is 2. The first-order valence-electron chi connectivity index (χ1n) is 11.4. The van der Waals surface area contributed by atoms with Gasteiger partial charge >= 0.3 is 0 Å². The van der Waals surface area contributed by atoms with E-state index in [1.165, 1.54) is 35.6 Å². The van der Waals surface area contributed by atoms with Crippen molar-refractivity contribution in [2.45, 2.75) is 51.3 Å². The molecule has 9 nitrogen and oxygen atoms in total. The standard InChI is InChI=1S/C25H26N4O5S/c1-16-9-11-19(12-10-16)34-14-23-26-22(15-35-23)25(31)28-21-8-3-2-7-20(21)27-24(30)17-5-4-6-18(13-17)29(32)33/h4-6,9-13,15,20-21H,2-3,7-8,14H2,1H3,(H,27,30)(H,28,31)/t20-,21+/m0/s1. The minimum Gasteiger partial charge on any atom is -0.486 e. The number of rotatable bonds is 8. The first-order chi connectivity index (χ1) is 16.9. The Bertz CT molecular complexity index is 1210. The number of benzene rings is 2. The summed E-state index contributed by atoms with van der Waals surface area (Å²) in [6.45, 7) is 2.28. The molecule has 182 valence electrons. The molecule has 4 rings (SSSR count). The summed E-state index contributed by atoms with van der Waals surface area (Å²) in [5, 5.41) is 19.3. The van der Waals surface area contributed by atoms with Gasteiger partial charge in [-0.3, -0.25) is 19.7 Å². The van der Waals surface area contributed by atoms with Gasteiger partial charge in [0, 0.05) is 35.2 Å². The maximum absolute atomic E-state index is 12.9. The predicted molar refractivity (Wildman–Crippen MR) is 132 cm³/mol. The van der Waals surface area contributed by atoms with E-state index in [-0.39, 0.29) is 35.8 Å². The molecule has 0 aliphatic heterocycles. The molecule has 2 amide bonds. The number of carbonyl (C=O) groups is 2. The highest BCUT2D eigenvalue weighted by Crippen LogP contribution is 2.21. The molecule has 3 aromatic rings. The lowest BCUT2D eigenvalue weighted by molar-refractivity contribution is -0.384. The van der Waals surface area contributed by atoms with Crippen LogP contribution < -0.4 is 15.4 Å². The summed E-state index contributed by atoms with van der Waals surface area (Å²) in [4.78, 5) is 40.5. The van der Waals surface area contributed by atoms with E-state index in [0.29, 0.717) is 17.1 Å². The van der Waals surface area contributed by atoms with Crippen molar-refractivity contribution < 1.29 is 19.2 Å². The third-order valence-electron chi connectivity index (χ3n) is 5.89. The van der Waals surface area contributed by atoms with Gasteiger partial charge in [0.2, 0.25) is 0 Å². The summed E-state index contributed by atoms with van der Waals surface area (Å²) in [5.74, 6) is 0.0368. The van der Waals surface area contributed by atoms with E-state index >= 15 is 0 Å². The average molecular weight is 495 g/mol. The highest BCUT2D eigenvalue weighted by Gasteiger charge is 2.29. The number of nitro benzene ring substituents is 1. The van der Waals surface area contributed by atoms with Gasteiger partial charge in [-0.15, -0.1) is 11.3 Å². The molecule has 0 radical (unpaired) electrons. The summed E-state index contributed by atoms with van der Waals surface area (Å²) in [6.07, 6.45) is 3.28. The van der Waals surface area contributed by atoms with Crippen LogP contribution in [0.25, 0.3) is 0 Å². The molecule has 1 saturated carbocycles. The average Bonchev–Trinajstić information content (AvgIpc) is 3.34. The van der Waals surface area contributed by atoms with Crippen LogP contribution in [0.2, 0.25) is 0 Å². The Morgan fingerprint density at radius 1 is 1.09 bits per heavy atom. The predicted octanol–water partition coefficient (Wildman–Crippen LogP) is 4.41. The van der Waals surface area contributed by atoms with E-state index in [0.717, 1.165) is 30.6 Å². The zero-order valence-corrected chi connectivity index (χ0v) is 20.0. The number of thiazole rings is 1. The van der Waals surface area contributed by atoms with Crippen molar-refractivity contribution in [3.8, 4) is 5.75 Å². The summed E-state index contributed by atoms with van der Waals surface area (Å²) >= 11 is 1.35. The molecule has 1 aliphatic carbocycles. The van der Waals surface area contributed by atoms with Crippen LogP contribution in [0.1, 0.15) is 57.1 Å². The molecule has 0 spiro atoms. The number of nitro groups is 1. The van der Waals surface area contributed by atoms with E-state index in [1.54, 1.807) is 5.38 Å². The van der Waals surface area contributed by atoms with Gasteiger partial charge in [-0.1, -0.05) is 36.6 Å². The third kappa shape index (κ3) is 6.42. The van der Waals surface area contributed by atoms with Crippen LogP contribution in [0.3, 0.4) is 0 Å². The molecule has 0 unspecified atom stereocenters. The summed E-state index contributed by atoms with van der Waals surface area (Å²) in [5.41, 5.74) is 1.53. The fourth-order valence-corrected chi connectivity index (χ4v) is 4.68. The van der Waals surface area contributed by atoms with Crippen molar-refractivity contribution in [3.05, 3.63) is 85.9 Å². The smallest absolute Gasteiger partial charge is 0.271 e. The Labute approximate surface area is 206 Å². The van der Waals surface area contributed by atoms with E-state index in [9.17, 15) is 19.7 Å². The summed E-state index contributed by atoms with van der Waals surface area (Å²) < 4.78 is 5.74. The van der Waals surface area contributed by atoms with Gasteiger partial charge in [0.05, 0.1) is 4.92 Å². The lowest BCUT2D eigenvalue weighted by Crippen LogP contribution is -2.53. The van der Waals surface area contributed by atoms with Crippen molar-refractivity contribution in [2.24, 2.45) is 0 Å². The van der Waals surface area contributed by atoms with Crippen LogP contribution in [0.5, 0.6) is 5.75 Å². The number of nitrogens with zero attached hydrogens (tertiary/aromatic N) is 2. The Morgan fingerprint density at radius 3 is 2.46 bits per heavy atom. The van der Waals surface area contributed by atoms with Crippen molar-refractivity contribution in [1.82, 2.24) is 15.6 Å². The zero-order chi connectivity index (χ0) is 24.8. The van der Waals surface area contributed by atoms with Crippen molar-refractivity contribution in [1.29, 1.82) is 0 Å². The minimum absolute atomic E-state index is 0.142. The van der Waals surface area contributed by atoms with Gasteiger partial charge in [-0.2, -0.15) is 0 Å². The summed E-state index contributed by atoms with van der Waals surface area (Å²) in [6, 6.07) is 12.8. The Kier molecular flexibility index (Phi) is 7.71. The molecule has 1 heterocycles. The van der Waals surface area contributed by atoms with Crippen LogP contribution in [0.4, 0.5) is 5.69 Å². The number of aromatic nitrogens is 1. The number of amides is 2. The Balaban J connectivity index is 1.35. The van der Waals surface area contributed by atoms with Crippen LogP contribution in [0.15, 0.2) is 53.9 Å². The van der Waals surface area contributed by atoms with Crippen molar-refractivity contribution in [2.75, 3.05) is 0 Å². The molecule has 10 heteroatoms. The van der Waals surface area contributed by atoms with Gasteiger partial charge in [0.25, 0.3) is 17.5 Å². The highest BCUT2D eigenvalue weighted by atomic mass is 32.1. The van der Waals surface area contributed by atoms with Crippen LogP contribution in [-0.4, -0.2) is 33.8 Å². The van der Waals surface area contributed by atoms with Gasteiger partial charge in [-0.05, 0) is 38.0 Å². The van der Waals surface area contributed by atoms with Gasteiger partial charge in [0.1, 0.15) is 23.1 Å². The SMILES string of the molecule is Cc1ccc(OCc2nc(C(=O)N[C@@H]3CCCC[C@@H]3NC(=O)c3cccc([N+](=O)[O-])c3)cs2)cc1.